The van der Waals surface area contributed by atoms with Crippen LogP contribution < -0.4 is 14.5 Å². The molecule has 0 bridgehead atoms. The third-order valence-electron chi connectivity index (χ3n) is 5.46. The van der Waals surface area contributed by atoms with E-state index in [1.165, 1.54) is 18.5 Å². The topological polar surface area (TPSA) is 54.4 Å². The third kappa shape index (κ3) is 4.55. The number of alkyl halides is 3. The van der Waals surface area contributed by atoms with Gasteiger partial charge >= 0.3 is 6.18 Å². The van der Waals surface area contributed by atoms with Crippen LogP contribution in [0, 0.1) is 0 Å². The smallest absolute Gasteiger partial charge is 0.416 e. The van der Waals surface area contributed by atoms with E-state index >= 15 is 0 Å². The van der Waals surface area contributed by atoms with Crippen LogP contribution >= 0.6 is 0 Å². The molecule has 3 aromatic rings. The van der Waals surface area contributed by atoms with Gasteiger partial charge in [0, 0.05) is 37.1 Å². The summed E-state index contributed by atoms with van der Waals surface area (Å²) >= 11 is 0. The third-order valence-corrected chi connectivity index (χ3v) is 5.46. The number of aromatic nitrogens is 3. The second-order valence-corrected chi connectivity index (χ2v) is 7.28. The summed E-state index contributed by atoms with van der Waals surface area (Å²) in [6.07, 6.45) is 5.60. The van der Waals surface area contributed by atoms with Crippen molar-refractivity contribution in [3.05, 3.63) is 67.0 Å². The minimum atomic E-state index is -4.38. The van der Waals surface area contributed by atoms with Gasteiger partial charge in [-0.05, 0) is 37.1 Å². The summed E-state index contributed by atoms with van der Waals surface area (Å²) in [4.78, 5) is 16.6. The minimum absolute atomic E-state index is 0.0655. The van der Waals surface area contributed by atoms with Crippen LogP contribution in [0.15, 0.2) is 61.4 Å². The van der Waals surface area contributed by atoms with Crippen molar-refractivity contribution in [1.29, 1.82) is 0 Å². The molecule has 1 aromatic carbocycles. The Balaban J connectivity index is 1.64. The molecule has 0 amide bonds. The Bertz CT molecular complexity index is 990. The maximum Gasteiger partial charge on any atom is 0.416 e. The SMILES string of the molecule is COc1ccncc1N(c1ccc(C(F)(F)F)cc1)C1CCN(c2cncnc2)CC1. The number of pyridine rings is 1. The van der Waals surface area contributed by atoms with Gasteiger partial charge in [0.05, 0.1) is 37.0 Å². The number of rotatable bonds is 5. The molecular weight excluding hydrogens is 407 g/mol. The molecule has 1 aliphatic rings. The molecule has 1 fully saturated rings. The van der Waals surface area contributed by atoms with Gasteiger partial charge in [-0.1, -0.05) is 0 Å². The highest BCUT2D eigenvalue weighted by Crippen LogP contribution is 2.39. The van der Waals surface area contributed by atoms with Gasteiger partial charge < -0.3 is 14.5 Å². The van der Waals surface area contributed by atoms with E-state index in [0.29, 0.717) is 11.4 Å². The van der Waals surface area contributed by atoms with Gasteiger partial charge in [-0.25, -0.2) is 9.97 Å². The Kier molecular flexibility index (Phi) is 5.92. The largest absolute Gasteiger partial charge is 0.494 e. The fraction of sp³-hybridized carbons (Fsp3) is 0.318. The van der Waals surface area contributed by atoms with Crippen molar-refractivity contribution >= 4 is 17.1 Å². The number of anilines is 3. The number of piperidine rings is 1. The summed E-state index contributed by atoms with van der Waals surface area (Å²) in [7, 11) is 1.57. The average Bonchev–Trinajstić information content (AvgIpc) is 2.80. The second kappa shape index (κ2) is 8.79. The first kappa shape index (κ1) is 20.9. The molecular formula is C22H22F3N5O. The first-order chi connectivity index (χ1) is 15.0. The predicted octanol–water partition coefficient (Wildman–Crippen LogP) is 4.71. The molecule has 0 radical (unpaired) electrons. The number of hydrogen-bond donors (Lipinski definition) is 0. The molecule has 1 saturated heterocycles. The van der Waals surface area contributed by atoms with Crippen molar-refractivity contribution < 1.29 is 17.9 Å². The fourth-order valence-electron chi connectivity index (χ4n) is 3.92. The van der Waals surface area contributed by atoms with E-state index in [1.807, 2.05) is 4.90 Å². The number of methoxy groups -OCH3 is 1. The van der Waals surface area contributed by atoms with Crippen molar-refractivity contribution in [2.24, 2.45) is 0 Å². The van der Waals surface area contributed by atoms with Crippen LogP contribution in [-0.2, 0) is 6.18 Å². The summed E-state index contributed by atoms with van der Waals surface area (Å²) < 4.78 is 44.7. The molecule has 3 heterocycles. The summed E-state index contributed by atoms with van der Waals surface area (Å²) in [6.45, 7) is 1.55. The predicted molar refractivity (Wildman–Crippen MR) is 112 cm³/mol. The van der Waals surface area contributed by atoms with Gasteiger partial charge in [0.1, 0.15) is 17.8 Å². The zero-order valence-electron chi connectivity index (χ0n) is 17.0. The Morgan fingerprint density at radius 2 is 1.65 bits per heavy atom. The van der Waals surface area contributed by atoms with Gasteiger partial charge in [-0.15, -0.1) is 0 Å². The molecule has 6 nitrogen and oxygen atoms in total. The molecule has 4 rings (SSSR count). The molecule has 0 unspecified atom stereocenters. The molecule has 31 heavy (non-hydrogen) atoms. The maximum absolute atomic E-state index is 13.1. The lowest BCUT2D eigenvalue weighted by atomic mass is 10.0. The van der Waals surface area contributed by atoms with Crippen LogP contribution in [0.5, 0.6) is 5.75 Å². The summed E-state index contributed by atoms with van der Waals surface area (Å²) in [5.41, 5.74) is 1.68. The van der Waals surface area contributed by atoms with E-state index in [4.69, 9.17) is 4.74 Å². The molecule has 0 spiro atoms. The van der Waals surface area contributed by atoms with E-state index in [1.54, 1.807) is 38.0 Å². The molecule has 0 N–H and O–H groups in total. The van der Waals surface area contributed by atoms with Gasteiger partial charge in [0.15, 0.2) is 0 Å². The Morgan fingerprint density at radius 3 is 2.26 bits per heavy atom. The first-order valence-corrected chi connectivity index (χ1v) is 9.92. The lowest BCUT2D eigenvalue weighted by Gasteiger charge is -2.40. The van der Waals surface area contributed by atoms with Crippen LogP contribution in [0.2, 0.25) is 0 Å². The molecule has 0 atom stereocenters. The zero-order valence-corrected chi connectivity index (χ0v) is 17.0. The van der Waals surface area contributed by atoms with Crippen molar-refractivity contribution in [1.82, 2.24) is 15.0 Å². The monoisotopic (exact) mass is 429 g/mol. The van der Waals surface area contributed by atoms with E-state index < -0.39 is 11.7 Å². The van der Waals surface area contributed by atoms with Crippen LogP contribution in [-0.4, -0.2) is 41.2 Å². The van der Waals surface area contributed by atoms with E-state index in [-0.39, 0.29) is 6.04 Å². The molecule has 0 aliphatic carbocycles. The standard InChI is InChI=1S/C22H22F3N5O/c1-31-21-6-9-26-14-20(21)30(17-4-2-16(3-5-17)22(23,24)25)18-7-10-29(11-8-18)19-12-27-15-28-13-19/h2-6,9,12-15,18H,7-8,10-11H2,1H3. The number of hydrogen-bond acceptors (Lipinski definition) is 6. The second-order valence-electron chi connectivity index (χ2n) is 7.28. The van der Waals surface area contributed by atoms with Gasteiger partial charge in [0.2, 0.25) is 0 Å². The number of nitrogens with zero attached hydrogens (tertiary/aromatic N) is 5. The van der Waals surface area contributed by atoms with Crippen LogP contribution in [0.3, 0.4) is 0 Å². The van der Waals surface area contributed by atoms with Gasteiger partial charge in [-0.3, -0.25) is 4.98 Å². The molecule has 1 aliphatic heterocycles. The van der Waals surface area contributed by atoms with Crippen molar-refractivity contribution in [3.63, 3.8) is 0 Å². The normalized spacial score (nSPS) is 15.0. The highest BCUT2D eigenvalue weighted by atomic mass is 19.4. The van der Waals surface area contributed by atoms with Crippen molar-refractivity contribution in [2.75, 3.05) is 30.0 Å². The van der Waals surface area contributed by atoms with E-state index in [9.17, 15) is 13.2 Å². The van der Waals surface area contributed by atoms with Gasteiger partial charge in [-0.2, -0.15) is 13.2 Å². The maximum atomic E-state index is 13.1. The zero-order chi connectivity index (χ0) is 21.8. The average molecular weight is 429 g/mol. The molecule has 9 heteroatoms. The Morgan fingerprint density at radius 1 is 0.968 bits per heavy atom. The summed E-state index contributed by atoms with van der Waals surface area (Å²) in [6, 6.07) is 7.06. The lowest BCUT2D eigenvalue weighted by molar-refractivity contribution is -0.137. The minimum Gasteiger partial charge on any atom is -0.494 e. The number of halogens is 3. The van der Waals surface area contributed by atoms with Crippen molar-refractivity contribution in [2.45, 2.75) is 25.1 Å². The van der Waals surface area contributed by atoms with Crippen LogP contribution in [0.25, 0.3) is 0 Å². The van der Waals surface area contributed by atoms with E-state index in [0.717, 1.165) is 49.4 Å². The summed E-state index contributed by atoms with van der Waals surface area (Å²) in [5, 5.41) is 0. The lowest BCUT2D eigenvalue weighted by Crippen LogP contribution is -2.43. The van der Waals surface area contributed by atoms with Crippen LogP contribution in [0.1, 0.15) is 18.4 Å². The Labute approximate surface area is 178 Å². The highest BCUT2D eigenvalue weighted by molar-refractivity contribution is 5.69. The highest BCUT2D eigenvalue weighted by Gasteiger charge is 2.32. The number of benzene rings is 1. The van der Waals surface area contributed by atoms with Gasteiger partial charge in [0.25, 0.3) is 0 Å². The van der Waals surface area contributed by atoms with Crippen LogP contribution in [0.4, 0.5) is 30.2 Å². The number of ether oxygens (including phenoxy) is 1. The quantitative estimate of drug-likeness (QED) is 0.586. The first-order valence-electron chi connectivity index (χ1n) is 9.92. The van der Waals surface area contributed by atoms with Crippen molar-refractivity contribution in [3.8, 4) is 5.75 Å². The molecule has 162 valence electrons. The van der Waals surface area contributed by atoms with E-state index in [2.05, 4.69) is 19.9 Å². The Hall–Kier alpha value is -3.36. The fourth-order valence-corrected chi connectivity index (χ4v) is 3.92. The molecule has 0 saturated carbocycles. The summed E-state index contributed by atoms with van der Waals surface area (Å²) in [5.74, 6) is 0.619. The molecule has 2 aromatic heterocycles.